The van der Waals surface area contributed by atoms with Crippen molar-refractivity contribution in [3.05, 3.63) is 15.9 Å². The van der Waals surface area contributed by atoms with Crippen LogP contribution in [0.15, 0.2) is 4.47 Å². The standard InChI is InChI=1S/C14H22BrN3O2/c1-9(12-5-4-8-20-12)16-13(19)6-7-18-11(3)14(15)10(2)17-18/h9,12H,4-8H2,1-3H3,(H,16,19)/t9-,12-/m1/s1. The number of aromatic nitrogens is 2. The van der Waals surface area contributed by atoms with Crippen molar-refractivity contribution in [3.63, 3.8) is 0 Å². The molecule has 0 spiro atoms. The molecule has 2 atom stereocenters. The topological polar surface area (TPSA) is 56.2 Å². The van der Waals surface area contributed by atoms with Crippen LogP contribution in [0.1, 0.15) is 37.6 Å². The Morgan fingerprint density at radius 2 is 2.35 bits per heavy atom. The van der Waals surface area contributed by atoms with Gasteiger partial charge in [0.15, 0.2) is 0 Å². The summed E-state index contributed by atoms with van der Waals surface area (Å²) in [6.45, 7) is 7.37. The Hall–Kier alpha value is -0.880. The van der Waals surface area contributed by atoms with E-state index in [0.717, 1.165) is 35.3 Å². The number of rotatable bonds is 5. The fourth-order valence-corrected chi connectivity index (χ4v) is 2.80. The summed E-state index contributed by atoms with van der Waals surface area (Å²) in [5, 5.41) is 7.42. The highest BCUT2D eigenvalue weighted by Gasteiger charge is 2.23. The number of halogens is 1. The Balaban J connectivity index is 1.81. The predicted octanol–water partition coefficient (Wildman–Crippen LogP) is 2.34. The molecule has 1 aromatic rings. The minimum absolute atomic E-state index is 0.0525. The van der Waals surface area contributed by atoms with Gasteiger partial charge in [-0.25, -0.2) is 0 Å². The lowest BCUT2D eigenvalue weighted by Gasteiger charge is -2.20. The van der Waals surface area contributed by atoms with Crippen molar-refractivity contribution in [3.8, 4) is 0 Å². The zero-order valence-corrected chi connectivity index (χ0v) is 13.9. The number of ether oxygens (including phenoxy) is 1. The van der Waals surface area contributed by atoms with Crippen LogP contribution in [0.4, 0.5) is 0 Å². The Labute approximate surface area is 128 Å². The Morgan fingerprint density at radius 1 is 1.60 bits per heavy atom. The summed E-state index contributed by atoms with van der Waals surface area (Å²) in [6, 6.07) is 0.0807. The second kappa shape index (κ2) is 6.72. The van der Waals surface area contributed by atoms with E-state index < -0.39 is 0 Å². The first-order chi connectivity index (χ1) is 9.49. The first kappa shape index (κ1) is 15.5. The highest BCUT2D eigenvalue weighted by Crippen LogP contribution is 2.20. The van der Waals surface area contributed by atoms with E-state index in [4.69, 9.17) is 4.74 Å². The summed E-state index contributed by atoms with van der Waals surface area (Å²) in [4.78, 5) is 12.0. The quantitative estimate of drug-likeness (QED) is 0.892. The summed E-state index contributed by atoms with van der Waals surface area (Å²) in [5.41, 5.74) is 2.01. The van der Waals surface area contributed by atoms with Gasteiger partial charge in [0.25, 0.3) is 0 Å². The summed E-state index contributed by atoms with van der Waals surface area (Å²) in [7, 11) is 0. The monoisotopic (exact) mass is 343 g/mol. The van der Waals surface area contributed by atoms with Gasteiger partial charge in [0.2, 0.25) is 5.91 Å². The second-order valence-corrected chi connectivity index (χ2v) is 6.16. The lowest BCUT2D eigenvalue weighted by Crippen LogP contribution is -2.41. The van der Waals surface area contributed by atoms with Crippen LogP contribution < -0.4 is 5.32 Å². The van der Waals surface area contributed by atoms with E-state index in [9.17, 15) is 4.79 Å². The maximum absolute atomic E-state index is 12.0. The fourth-order valence-electron chi connectivity index (χ4n) is 2.52. The number of carbonyl (C=O) groups is 1. The van der Waals surface area contributed by atoms with Gasteiger partial charge in [-0.05, 0) is 49.5 Å². The zero-order chi connectivity index (χ0) is 14.7. The van der Waals surface area contributed by atoms with E-state index in [1.54, 1.807) is 0 Å². The van der Waals surface area contributed by atoms with E-state index >= 15 is 0 Å². The number of carbonyl (C=O) groups excluding carboxylic acids is 1. The third-order valence-electron chi connectivity index (χ3n) is 3.76. The van der Waals surface area contributed by atoms with Gasteiger partial charge in [0.1, 0.15) is 0 Å². The minimum Gasteiger partial charge on any atom is -0.376 e. The molecule has 1 fully saturated rings. The van der Waals surface area contributed by atoms with Crippen LogP contribution in [0, 0.1) is 13.8 Å². The van der Waals surface area contributed by atoms with Gasteiger partial charge in [-0.1, -0.05) is 0 Å². The molecule has 112 valence electrons. The van der Waals surface area contributed by atoms with Crippen LogP contribution in [0.25, 0.3) is 0 Å². The summed E-state index contributed by atoms with van der Waals surface area (Å²) in [5.74, 6) is 0.0525. The Kier molecular flexibility index (Phi) is 5.21. The van der Waals surface area contributed by atoms with Gasteiger partial charge in [-0.3, -0.25) is 9.48 Å². The van der Waals surface area contributed by atoms with Crippen LogP contribution in [0.2, 0.25) is 0 Å². The van der Waals surface area contributed by atoms with Crippen LogP contribution in [-0.4, -0.2) is 34.4 Å². The number of nitrogens with one attached hydrogen (secondary N) is 1. The molecular weight excluding hydrogens is 322 g/mol. The average Bonchev–Trinajstić information content (AvgIpc) is 3.02. The number of hydrogen-bond donors (Lipinski definition) is 1. The van der Waals surface area contributed by atoms with Gasteiger partial charge in [-0.15, -0.1) is 0 Å². The highest BCUT2D eigenvalue weighted by atomic mass is 79.9. The van der Waals surface area contributed by atoms with Crippen molar-refractivity contribution in [2.45, 2.75) is 58.7 Å². The molecular formula is C14H22BrN3O2. The number of hydrogen-bond acceptors (Lipinski definition) is 3. The first-order valence-electron chi connectivity index (χ1n) is 7.09. The molecule has 20 heavy (non-hydrogen) atoms. The smallest absolute Gasteiger partial charge is 0.222 e. The van der Waals surface area contributed by atoms with Crippen LogP contribution in [0.3, 0.4) is 0 Å². The van der Waals surface area contributed by atoms with Crippen LogP contribution in [-0.2, 0) is 16.1 Å². The summed E-state index contributed by atoms with van der Waals surface area (Å²) >= 11 is 3.49. The Morgan fingerprint density at radius 3 is 2.90 bits per heavy atom. The molecule has 6 heteroatoms. The van der Waals surface area contributed by atoms with Crippen LogP contribution >= 0.6 is 15.9 Å². The van der Waals surface area contributed by atoms with Gasteiger partial charge >= 0.3 is 0 Å². The predicted molar refractivity (Wildman–Crippen MR) is 80.6 cm³/mol. The van der Waals surface area contributed by atoms with Gasteiger partial charge in [0, 0.05) is 18.7 Å². The zero-order valence-electron chi connectivity index (χ0n) is 12.3. The molecule has 5 nitrogen and oxygen atoms in total. The van der Waals surface area contributed by atoms with Crippen molar-refractivity contribution >= 4 is 21.8 Å². The Bertz CT molecular complexity index is 481. The molecule has 1 amide bonds. The van der Waals surface area contributed by atoms with E-state index in [1.165, 1.54) is 0 Å². The minimum atomic E-state index is 0.0525. The van der Waals surface area contributed by atoms with Crippen molar-refractivity contribution in [1.29, 1.82) is 0 Å². The molecule has 1 N–H and O–H groups in total. The second-order valence-electron chi connectivity index (χ2n) is 5.37. The number of nitrogens with zero attached hydrogens (tertiary/aromatic N) is 2. The van der Waals surface area contributed by atoms with Gasteiger partial charge in [0.05, 0.1) is 28.9 Å². The van der Waals surface area contributed by atoms with E-state index in [1.807, 2.05) is 25.5 Å². The maximum Gasteiger partial charge on any atom is 0.222 e. The van der Waals surface area contributed by atoms with E-state index in [-0.39, 0.29) is 18.1 Å². The number of amides is 1. The van der Waals surface area contributed by atoms with Crippen molar-refractivity contribution in [2.24, 2.45) is 0 Å². The molecule has 1 aliphatic rings. The van der Waals surface area contributed by atoms with E-state index in [2.05, 4.69) is 26.3 Å². The summed E-state index contributed by atoms with van der Waals surface area (Å²) < 4.78 is 8.47. The molecule has 0 unspecified atom stereocenters. The molecule has 0 aromatic carbocycles. The third-order valence-corrected chi connectivity index (χ3v) is 4.90. The normalized spacial score (nSPS) is 20.1. The SMILES string of the molecule is Cc1nn(CCC(=O)N[C@H](C)[C@H]2CCCO2)c(C)c1Br. The van der Waals surface area contributed by atoms with Crippen LogP contribution in [0.5, 0.6) is 0 Å². The molecule has 1 saturated heterocycles. The fraction of sp³-hybridized carbons (Fsp3) is 0.714. The molecule has 2 heterocycles. The molecule has 0 bridgehead atoms. The summed E-state index contributed by atoms with van der Waals surface area (Å²) in [6.07, 6.45) is 2.73. The van der Waals surface area contributed by atoms with Crippen molar-refractivity contribution in [2.75, 3.05) is 6.61 Å². The third kappa shape index (κ3) is 3.61. The average molecular weight is 344 g/mol. The van der Waals surface area contributed by atoms with Gasteiger partial charge in [-0.2, -0.15) is 5.10 Å². The number of aryl methyl sites for hydroxylation is 2. The van der Waals surface area contributed by atoms with E-state index in [0.29, 0.717) is 13.0 Å². The molecule has 0 aliphatic carbocycles. The molecule has 0 saturated carbocycles. The van der Waals surface area contributed by atoms with Crippen molar-refractivity contribution in [1.82, 2.24) is 15.1 Å². The first-order valence-corrected chi connectivity index (χ1v) is 7.89. The lowest BCUT2D eigenvalue weighted by molar-refractivity contribution is -0.122. The highest BCUT2D eigenvalue weighted by molar-refractivity contribution is 9.10. The van der Waals surface area contributed by atoms with Gasteiger partial charge < -0.3 is 10.1 Å². The largest absolute Gasteiger partial charge is 0.376 e. The molecule has 0 radical (unpaired) electrons. The molecule has 1 aliphatic heterocycles. The maximum atomic E-state index is 12.0. The van der Waals surface area contributed by atoms with Crippen molar-refractivity contribution < 1.29 is 9.53 Å². The molecule has 2 rings (SSSR count). The molecule has 1 aromatic heterocycles. The lowest BCUT2D eigenvalue weighted by atomic mass is 10.1.